The molecule has 2 aliphatic heterocycles. The first-order valence-electron chi connectivity index (χ1n) is 13.2. The number of hydrogen-bond acceptors (Lipinski definition) is 7. The molecule has 214 valence electrons. The highest BCUT2D eigenvalue weighted by atomic mass is 35.5. The number of carbonyl (C=O) groups is 3. The highest BCUT2D eigenvalue weighted by Gasteiger charge is 2.29. The summed E-state index contributed by atoms with van der Waals surface area (Å²) < 4.78 is 11.0. The molecule has 9 nitrogen and oxygen atoms in total. The van der Waals surface area contributed by atoms with Crippen LogP contribution < -0.4 is 15.0 Å². The fourth-order valence-electron chi connectivity index (χ4n) is 4.88. The van der Waals surface area contributed by atoms with Gasteiger partial charge in [-0.3, -0.25) is 19.4 Å². The van der Waals surface area contributed by atoms with Gasteiger partial charge in [-0.05, 0) is 34.9 Å². The van der Waals surface area contributed by atoms with Gasteiger partial charge in [0.15, 0.2) is 12.4 Å². The van der Waals surface area contributed by atoms with Crippen LogP contribution in [0.15, 0.2) is 60.7 Å². The highest BCUT2D eigenvalue weighted by molar-refractivity contribution is 6.42. The minimum absolute atomic E-state index is 0.0503. The summed E-state index contributed by atoms with van der Waals surface area (Å²) in [5, 5.41) is 13.1. The summed E-state index contributed by atoms with van der Waals surface area (Å²) in [4.78, 5) is 40.6. The number of nitrogens with one attached hydrogen (secondary N) is 1. The lowest BCUT2D eigenvalue weighted by atomic mass is 9.99. The van der Waals surface area contributed by atoms with Gasteiger partial charge in [-0.1, -0.05) is 59.6 Å². The molecule has 2 heterocycles. The van der Waals surface area contributed by atoms with Crippen molar-refractivity contribution in [1.82, 2.24) is 10.2 Å². The minimum atomic E-state index is -0.964. The van der Waals surface area contributed by atoms with E-state index in [9.17, 15) is 14.4 Å². The number of carboxylic acids is 1. The number of fused-ring (bicyclic) bond motifs is 1. The quantitative estimate of drug-likeness (QED) is 0.356. The van der Waals surface area contributed by atoms with Gasteiger partial charge in [0, 0.05) is 31.7 Å². The van der Waals surface area contributed by atoms with E-state index < -0.39 is 5.97 Å². The molecule has 0 radical (unpaired) electrons. The predicted molar refractivity (Wildman–Crippen MR) is 156 cm³/mol. The fourth-order valence-corrected chi connectivity index (χ4v) is 5.19. The number of amides is 1. The van der Waals surface area contributed by atoms with Crippen LogP contribution in [-0.4, -0.2) is 80.2 Å². The molecule has 1 saturated heterocycles. The summed E-state index contributed by atoms with van der Waals surface area (Å²) in [5.41, 5.74) is 3.52. The average Bonchev–Trinajstić information content (AvgIpc) is 2.98. The Labute approximate surface area is 247 Å². The van der Waals surface area contributed by atoms with Crippen LogP contribution in [-0.2, 0) is 14.3 Å². The Balaban J connectivity index is 1.29. The maximum atomic E-state index is 13.1. The molecule has 11 heteroatoms. The van der Waals surface area contributed by atoms with Gasteiger partial charge in [-0.2, -0.15) is 0 Å². The second kappa shape index (κ2) is 13.0. The normalized spacial score (nSPS) is 16.1. The molecule has 5 rings (SSSR count). The van der Waals surface area contributed by atoms with Gasteiger partial charge >= 0.3 is 5.97 Å². The number of Topliss-reactive ketones (excluding diaryl/α,β-unsaturated/α-hetero) is 1. The Kier molecular flexibility index (Phi) is 9.22. The summed E-state index contributed by atoms with van der Waals surface area (Å²) in [6.07, 6.45) is 0. The van der Waals surface area contributed by atoms with Gasteiger partial charge in [0.05, 0.1) is 47.6 Å². The van der Waals surface area contributed by atoms with E-state index in [0.29, 0.717) is 36.2 Å². The number of benzene rings is 3. The minimum Gasteiger partial charge on any atom is -0.482 e. The van der Waals surface area contributed by atoms with E-state index in [2.05, 4.69) is 10.2 Å². The number of ether oxygens (including phenoxy) is 2. The third-order valence-electron chi connectivity index (χ3n) is 7.15. The van der Waals surface area contributed by atoms with Crippen molar-refractivity contribution < 1.29 is 29.0 Å². The first-order chi connectivity index (χ1) is 19.8. The number of rotatable bonds is 10. The second-order valence-corrected chi connectivity index (χ2v) is 10.7. The van der Waals surface area contributed by atoms with Crippen molar-refractivity contribution in [3.05, 3.63) is 81.8 Å². The van der Waals surface area contributed by atoms with Gasteiger partial charge in [0.2, 0.25) is 0 Å². The maximum Gasteiger partial charge on any atom is 0.335 e. The number of halogens is 2. The topological polar surface area (TPSA) is 108 Å². The molecule has 0 spiro atoms. The summed E-state index contributed by atoms with van der Waals surface area (Å²) in [6.45, 7) is 3.31. The van der Waals surface area contributed by atoms with Crippen LogP contribution in [0.4, 0.5) is 5.69 Å². The third kappa shape index (κ3) is 7.06. The van der Waals surface area contributed by atoms with Crippen molar-refractivity contribution in [1.29, 1.82) is 0 Å². The SMILES string of the molecule is O=C(CN[C@@H](CN1CCOCC1)c1ccc(-c2ccc(C(=O)O)cc2)cc1)CN1C(=O)COc2cc(Cl)c(Cl)cc21. The van der Waals surface area contributed by atoms with Gasteiger partial charge in [-0.25, -0.2) is 4.79 Å². The molecular weight excluding hydrogens is 569 g/mol. The maximum absolute atomic E-state index is 13.1. The van der Waals surface area contributed by atoms with Crippen molar-refractivity contribution in [2.24, 2.45) is 0 Å². The molecule has 1 fully saturated rings. The molecule has 1 atom stereocenters. The lowest BCUT2D eigenvalue weighted by Gasteiger charge is -2.32. The van der Waals surface area contributed by atoms with E-state index in [0.717, 1.165) is 29.8 Å². The lowest BCUT2D eigenvalue weighted by Crippen LogP contribution is -2.46. The molecule has 0 aromatic heterocycles. The lowest BCUT2D eigenvalue weighted by molar-refractivity contribution is -0.124. The molecule has 0 saturated carbocycles. The zero-order chi connectivity index (χ0) is 28.9. The number of ketones is 1. The number of carboxylic acid groups (broad SMARTS) is 1. The zero-order valence-corrected chi connectivity index (χ0v) is 23.7. The van der Waals surface area contributed by atoms with Crippen molar-refractivity contribution in [3.63, 3.8) is 0 Å². The molecule has 2 N–H and O–H groups in total. The van der Waals surface area contributed by atoms with E-state index in [1.165, 1.54) is 11.0 Å². The number of hydrogen-bond donors (Lipinski definition) is 2. The van der Waals surface area contributed by atoms with Crippen LogP contribution in [0.1, 0.15) is 22.0 Å². The van der Waals surface area contributed by atoms with Crippen molar-refractivity contribution in [2.75, 3.05) is 57.4 Å². The van der Waals surface area contributed by atoms with Crippen LogP contribution in [0, 0.1) is 0 Å². The van der Waals surface area contributed by atoms with E-state index >= 15 is 0 Å². The fraction of sp³-hybridized carbons (Fsp3) is 0.300. The Bertz CT molecular complexity index is 1430. The van der Waals surface area contributed by atoms with Gasteiger partial charge in [0.1, 0.15) is 5.75 Å². The molecule has 2 aliphatic rings. The van der Waals surface area contributed by atoms with Crippen LogP contribution in [0.2, 0.25) is 10.0 Å². The Morgan fingerprint density at radius 1 is 0.951 bits per heavy atom. The van der Waals surface area contributed by atoms with Crippen LogP contribution in [0.5, 0.6) is 5.75 Å². The first-order valence-corrected chi connectivity index (χ1v) is 13.9. The molecule has 0 unspecified atom stereocenters. The zero-order valence-electron chi connectivity index (χ0n) is 22.1. The number of aromatic carboxylic acids is 1. The third-order valence-corrected chi connectivity index (χ3v) is 7.87. The van der Waals surface area contributed by atoms with E-state index in [1.807, 2.05) is 24.3 Å². The molecule has 0 aliphatic carbocycles. The predicted octanol–water partition coefficient (Wildman–Crippen LogP) is 4.32. The highest BCUT2D eigenvalue weighted by Crippen LogP contribution is 2.38. The number of nitrogens with zero attached hydrogens (tertiary/aromatic N) is 2. The van der Waals surface area contributed by atoms with E-state index in [1.54, 1.807) is 30.3 Å². The number of morpholine rings is 1. The van der Waals surface area contributed by atoms with Gasteiger partial charge in [0.25, 0.3) is 5.91 Å². The van der Waals surface area contributed by atoms with Crippen LogP contribution in [0.3, 0.4) is 0 Å². The summed E-state index contributed by atoms with van der Waals surface area (Å²) in [5.74, 6) is -1.06. The van der Waals surface area contributed by atoms with Crippen molar-refractivity contribution >= 4 is 46.5 Å². The van der Waals surface area contributed by atoms with E-state index in [4.69, 9.17) is 37.8 Å². The number of anilines is 1. The number of carbonyl (C=O) groups excluding carboxylic acids is 2. The van der Waals surface area contributed by atoms with Gasteiger partial charge < -0.3 is 19.9 Å². The van der Waals surface area contributed by atoms with Crippen molar-refractivity contribution in [3.8, 4) is 16.9 Å². The monoisotopic (exact) mass is 597 g/mol. The summed E-state index contributed by atoms with van der Waals surface area (Å²) in [6, 6.07) is 17.7. The van der Waals surface area contributed by atoms with Crippen LogP contribution in [0.25, 0.3) is 11.1 Å². The molecule has 41 heavy (non-hydrogen) atoms. The molecule has 3 aromatic carbocycles. The van der Waals surface area contributed by atoms with Crippen LogP contribution >= 0.6 is 23.2 Å². The molecule has 0 bridgehead atoms. The summed E-state index contributed by atoms with van der Waals surface area (Å²) >= 11 is 12.3. The molecule has 3 aromatic rings. The second-order valence-electron chi connectivity index (χ2n) is 9.89. The van der Waals surface area contributed by atoms with Gasteiger partial charge in [-0.15, -0.1) is 0 Å². The van der Waals surface area contributed by atoms with Crippen molar-refractivity contribution in [2.45, 2.75) is 6.04 Å². The first kappa shape index (κ1) is 29.0. The molecule has 1 amide bonds. The van der Waals surface area contributed by atoms with E-state index in [-0.39, 0.29) is 48.0 Å². The summed E-state index contributed by atoms with van der Waals surface area (Å²) in [7, 11) is 0. The Morgan fingerprint density at radius 2 is 1.59 bits per heavy atom. The largest absolute Gasteiger partial charge is 0.482 e. The Morgan fingerprint density at radius 3 is 2.24 bits per heavy atom. The Hall–Kier alpha value is -3.47. The average molecular weight is 598 g/mol. The standard InChI is InChI=1S/C30H29Cl2N3O6/c31-24-13-27-28(14-25(24)32)41-18-29(37)35(27)16-23(36)15-33-26(17-34-9-11-40-12-10-34)21-5-1-19(2-6-21)20-3-7-22(8-4-20)30(38)39/h1-8,13-14,26,33H,9-12,15-18H2,(H,38,39)/t26-/m0/s1. The smallest absolute Gasteiger partial charge is 0.335 e. The molecular formula is C30H29Cl2N3O6.